The van der Waals surface area contributed by atoms with Gasteiger partial charge in [0, 0.05) is 12.7 Å². The molecule has 0 bridgehead atoms. The van der Waals surface area contributed by atoms with E-state index in [1.165, 1.54) is 0 Å². The van der Waals surface area contributed by atoms with E-state index < -0.39 is 17.3 Å². The minimum Gasteiger partial charge on any atom is -0.496 e. The van der Waals surface area contributed by atoms with Crippen molar-refractivity contribution < 1.29 is 24.1 Å². The SMILES string of the molecule is COc1c2c(nc3occc13)[C@@](CCC(C)(C)O)(OC)[C@@H](O)CC2. The summed E-state index contributed by atoms with van der Waals surface area (Å²) in [6.07, 6.45) is 2.99. The highest BCUT2D eigenvalue weighted by Gasteiger charge is 2.47. The van der Waals surface area contributed by atoms with E-state index in [9.17, 15) is 10.2 Å². The van der Waals surface area contributed by atoms with Crippen LogP contribution in [0, 0.1) is 0 Å². The topological polar surface area (TPSA) is 85.0 Å². The molecule has 1 aliphatic rings. The van der Waals surface area contributed by atoms with Gasteiger partial charge in [-0.25, -0.2) is 4.98 Å². The van der Waals surface area contributed by atoms with Gasteiger partial charge >= 0.3 is 0 Å². The quantitative estimate of drug-likeness (QED) is 0.873. The molecule has 3 rings (SSSR count). The van der Waals surface area contributed by atoms with Gasteiger partial charge in [0.25, 0.3) is 0 Å². The summed E-state index contributed by atoms with van der Waals surface area (Å²) in [6, 6.07) is 1.83. The maximum atomic E-state index is 10.7. The number of rotatable bonds is 5. The Morgan fingerprint density at radius 1 is 1.42 bits per heavy atom. The monoisotopic (exact) mass is 335 g/mol. The lowest BCUT2D eigenvalue weighted by atomic mass is 9.75. The summed E-state index contributed by atoms with van der Waals surface area (Å²) in [7, 11) is 3.20. The number of hydrogen-bond acceptors (Lipinski definition) is 6. The van der Waals surface area contributed by atoms with Crippen LogP contribution >= 0.6 is 0 Å². The van der Waals surface area contributed by atoms with Crippen LogP contribution in [0.15, 0.2) is 16.7 Å². The van der Waals surface area contributed by atoms with Crippen molar-refractivity contribution in [1.29, 1.82) is 0 Å². The van der Waals surface area contributed by atoms with E-state index in [-0.39, 0.29) is 0 Å². The van der Waals surface area contributed by atoms with E-state index in [1.54, 1.807) is 34.3 Å². The molecule has 6 nitrogen and oxygen atoms in total. The van der Waals surface area contributed by atoms with E-state index in [0.29, 0.717) is 37.1 Å². The van der Waals surface area contributed by atoms with Gasteiger partial charge < -0.3 is 24.1 Å². The van der Waals surface area contributed by atoms with Crippen molar-refractivity contribution in [2.24, 2.45) is 0 Å². The molecular formula is C18H25NO5. The predicted octanol–water partition coefficient (Wildman–Crippen LogP) is 2.54. The zero-order chi connectivity index (χ0) is 17.5. The fourth-order valence-corrected chi connectivity index (χ4v) is 3.60. The summed E-state index contributed by atoms with van der Waals surface area (Å²) in [5.74, 6) is 0.723. The Morgan fingerprint density at radius 2 is 2.17 bits per heavy atom. The molecule has 2 aromatic rings. The molecule has 2 aromatic heterocycles. The van der Waals surface area contributed by atoms with Crippen LogP contribution in [0.1, 0.15) is 44.4 Å². The first-order valence-corrected chi connectivity index (χ1v) is 8.22. The number of hydrogen-bond donors (Lipinski definition) is 2. The van der Waals surface area contributed by atoms with E-state index in [0.717, 1.165) is 16.7 Å². The van der Waals surface area contributed by atoms with Crippen LogP contribution < -0.4 is 4.74 Å². The van der Waals surface area contributed by atoms with Crippen molar-refractivity contribution in [3.63, 3.8) is 0 Å². The first-order valence-electron chi connectivity index (χ1n) is 8.22. The summed E-state index contributed by atoms with van der Waals surface area (Å²) in [5, 5.41) is 21.7. The third kappa shape index (κ3) is 2.68. The highest BCUT2D eigenvalue weighted by atomic mass is 16.5. The molecule has 0 unspecified atom stereocenters. The Labute approximate surface area is 141 Å². The number of aromatic nitrogens is 1. The van der Waals surface area contributed by atoms with Gasteiger partial charge in [0.15, 0.2) is 0 Å². The van der Waals surface area contributed by atoms with Crippen molar-refractivity contribution in [3.05, 3.63) is 23.6 Å². The Morgan fingerprint density at radius 3 is 2.79 bits per heavy atom. The predicted molar refractivity (Wildman–Crippen MR) is 89.1 cm³/mol. The molecule has 1 aliphatic carbocycles. The van der Waals surface area contributed by atoms with Gasteiger partial charge in [0.2, 0.25) is 5.71 Å². The van der Waals surface area contributed by atoms with Gasteiger partial charge in [-0.15, -0.1) is 0 Å². The number of aliphatic hydroxyl groups excluding tert-OH is 1. The standard InChI is InChI=1S/C18H25NO5/c1-17(2,21)8-9-18(23-4)13(20)6-5-11-14(22-3)12-7-10-24-16(12)19-15(11)18/h7,10,13,20-21H,5-6,8-9H2,1-4H3/t13-,18-/m0/s1. The number of aliphatic hydroxyl groups is 2. The first-order chi connectivity index (χ1) is 11.3. The fourth-order valence-electron chi connectivity index (χ4n) is 3.60. The summed E-state index contributed by atoms with van der Waals surface area (Å²) in [4.78, 5) is 4.65. The molecule has 24 heavy (non-hydrogen) atoms. The molecular weight excluding hydrogens is 310 g/mol. The van der Waals surface area contributed by atoms with Crippen LogP contribution in [0.5, 0.6) is 5.75 Å². The van der Waals surface area contributed by atoms with E-state index >= 15 is 0 Å². The Balaban J connectivity index is 2.18. The molecule has 0 radical (unpaired) electrons. The van der Waals surface area contributed by atoms with Crippen LogP contribution in [0.25, 0.3) is 11.1 Å². The molecule has 2 atom stereocenters. The number of nitrogens with zero attached hydrogens (tertiary/aromatic N) is 1. The van der Waals surface area contributed by atoms with Crippen molar-refractivity contribution in [2.75, 3.05) is 14.2 Å². The highest BCUT2D eigenvalue weighted by Crippen LogP contribution is 2.46. The van der Waals surface area contributed by atoms with Crippen molar-refractivity contribution in [1.82, 2.24) is 4.98 Å². The molecule has 2 heterocycles. The van der Waals surface area contributed by atoms with Crippen LogP contribution in [0.4, 0.5) is 0 Å². The highest BCUT2D eigenvalue weighted by molar-refractivity contribution is 5.83. The zero-order valence-electron chi connectivity index (χ0n) is 14.6. The van der Waals surface area contributed by atoms with Gasteiger partial charge in [-0.05, 0) is 45.6 Å². The van der Waals surface area contributed by atoms with Crippen LogP contribution in [-0.2, 0) is 16.8 Å². The van der Waals surface area contributed by atoms with E-state index in [1.807, 2.05) is 6.07 Å². The largest absolute Gasteiger partial charge is 0.496 e. The number of pyridine rings is 1. The van der Waals surface area contributed by atoms with Gasteiger partial charge in [0.1, 0.15) is 11.4 Å². The van der Waals surface area contributed by atoms with Gasteiger partial charge in [-0.3, -0.25) is 0 Å². The van der Waals surface area contributed by atoms with E-state index in [2.05, 4.69) is 4.98 Å². The second-order valence-electron chi connectivity index (χ2n) is 7.07. The Hall–Kier alpha value is -1.63. The molecule has 132 valence electrons. The van der Waals surface area contributed by atoms with E-state index in [4.69, 9.17) is 13.9 Å². The number of ether oxygens (including phenoxy) is 2. The maximum Gasteiger partial charge on any atom is 0.229 e. The lowest BCUT2D eigenvalue weighted by Gasteiger charge is -2.42. The fraction of sp³-hybridized carbons (Fsp3) is 0.611. The van der Waals surface area contributed by atoms with Crippen LogP contribution in [0.2, 0.25) is 0 Å². The van der Waals surface area contributed by atoms with Gasteiger partial charge in [-0.2, -0.15) is 0 Å². The normalized spacial score (nSPS) is 24.2. The zero-order valence-corrected chi connectivity index (χ0v) is 14.6. The number of furan rings is 1. The third-order valence-corrected chi connectivity index (χ3v) is 4.95. The third-order valence-electron chi connectivity index (χ3n) is 4.95. The molecule has 0 saturated carbocycles. The molecule has 0 fully saturated rings. The molecule has 0 aromatic carbocycles. The molecule has 0 aliphatic heterocycles. The molecule has 6 heteroatoms. The number of fused-ring (bicyclic) bond motifs is 2. The summed E-state index contributed by atoms with van der Waals surface area (Å²) < 4.78 is 16.9. The summed E-state index contributed by atoms with van der Waals surface area (Å²) in [5.41, 5.74) is 0.204. The summed E-state index contributed by atoms with van der Waals surface area (Å²) in [6.45, 7) is 3.49. The maximum absolute atomic E-state index is 10.7. The van der Waals surface area contributed by atoms with Crippen molar-refractivity contribution >= 4 is 11.1 Å². The van der Waals surface area contributed by atoms with Crippen LogP contribution in [-0.4, -0.2) is 41.1 Å². The smallest absolute Gasteiger partial charge is 0.229 e. The molecule has 0 saturated heterocycles. The van der Waals surface area contributed by atoms with Gasteiger partial charge in [0.05, 0.1) is 36.2 Å². The van der Waals surface area contributed by atoms with Crippen LogP contribution in [0.3, 0.4) is 0 Å². The average Bonchev–Trinajstić information content (AvgIpc) is 2.99. The first kappa shape index (κ1) is 17.2. The van der Waals surface area contributed by atoms with Gasteiger partial charge in [-0.1, -0.05) is 0 Å². The second-order valence-corrected chi connectivity index (χ2v) is 7.07. The van der Waals surface area contributed by atoms with Crippen molar-refractivity contribution in [3.8, 4) is 5.75 Å². The Bertz CT molecular complexity index is 733. The number of methoxy groups -OCH3 is 2. The lowest BCUT2D eigenvalue weighted by molar-refractivity contribution is -0.133. The molecule has 0 amide bonds. The average molecular weight is 335 g/mol. The molecule has 2 N–H and O–H groups in total. The second kappa shape index (κ2) is 6.02. The minimum absolute atomic E-state index is 0.448. The lowest BCUT2D eigenvalue weighted by Crippen LogP contribution is -2.47. The summed E-state index contributed by atoms with van der Waals surface area (Å²) >= 11 is 0. The molecule has 0 spiro atoms. The Kier molecular flexibility index (Phi) is 4.32. The minimum atomic E-state index is -0.984. The van der Waals surface area contributed by atoms with Crippen molar-refractivity contribution in [2.45, 2.75) is 56.8 Å².